The van der Waals surface area contributed by atoms with Gasteiger partial charge in [-0.25, -0.2) is 0 Å². The van der Waals surface area contributed by atoms with Gasteiger partial charge >= 0.3 is 0 Å². The van der Waals surface area contributed by atoms with Crippen molar-refractivity contribution in [3.05, 3.63) is 45.6 Å². The molecule has 0 aliphatic rings. The third kappa shape index (κ3) is 2.49. The summed E-state index contributed by atoms with van der Waals surface area (Å²) >= 11 is 11.7. The maximum absolute atomic E-state index is 12.0. The van der Waals surface area contributed by atoms with E-state index in [1.54, 1.807) is 25.2 Å². The Morgan fingerprint density at radius 3 is 2.67 bits per heavy atom. The summed E-state index contributed by atoms with van der Waals surface area (Å²) in [6.07, 6.45) is 1.68. The molecule has 0 saturated carbocycles. The minimum absolute atomic E-state index is 0.0982. The fourth-order valence-electron chi connectivity index (χ4n) is 1.59. The van der Waals surface area contributed by atoms with E-state index in [0.717, 1.165) is 5.56 Å². The van der Waals surface area contributed by atoms with Crippen molar-refractivity contribution in [1.82, 2.24) is 9.78 Å². The van der Waals surface area contributed by atoms with Gasteiger partial charge in [0.25, 0.3) is 0 Å². The number of halogens is 2. The average molecular weight is 284 g/mol. The normalized spacial score (nSPS) is 10.6. The third-order valence-corrected chi connectivity index (χ3v) is 3.37. The first-order chi connectivity index (χ1) is 8.49. The summed E-state index contributed by atoms with van der Waals surface area (Å²) in [5.41, 5.74) is 6.95. The molecule has 0 saturated heterocycles. The van der Waals surface area contributed by atoms with E-state index in [-0.39, 0.29) is 12.2 Å². The molecule has 94 valence electrons. The molecule has 0 spiro atoms. The van der Waals surface area contributed by atoms with Crippen LogP contribution in [0, 0.1) is 0 Å². The zero-order chi connectivity index (χ0) is 13.3. The van der Waals surface area contributed by atoms with Gasteiger partial charge in [-0.1, -0.05) is 29.3 Å². The number of aromatic nitrogens is 2. The van der Waals surface area contributed by atoms with Crippen molar-refractivity contribution in [3.63, 3.8) is 0 Å². The summed E-state index contributed by atoms with van der Waals surface area (Å²) in [6.45, 7) is 0. The fraction of sp³-hybridized carbons (Fsp3) is 0.167. The number of rotatable bonds is 3. The lowest BCUT2D eigenvalue weighted by Crippen LogP contribution is -2.07. The zero-order valence-electron chi connectivity index (χ0n) is 9.65. The highest BCUT2D eigenvalue weighted by Crippen LogP contribution is 2.23. The first-order valence-corrected chi connectivity index (χ1v) is 5.99. The largest absolute Gasteiger partial charge is 0.383 e. The lowest BCUT2D eigenvalue weighted by molar-refractivity contribution is 0.0994. The number of hydrogen-bond acceptors (Lipinski definition) is 3. The van der Waals surface area contributed by atoms with Gasteiger partial charge in [-0.05, 0) is 17.7 Å². The summed E-state index contributed by atoms with van der Waals surface area (Å²) in [5, 5.41) is 4.83. The molecule has 0 aliphatic heterocycles. The molecular weight excluding hydrogens is 273 g/mol. The Labute approximate surface area is 114 Å². The van der Waals surface area contributed by atoms with Crippen molar-refractivity contribution in [2.45, 2.75) is 6.42 Å². The van der Waals surface area contributed by atoms with Crippen LogP contribution in [0.3, 0.4) is 0 Å². The molecule has 1 aromatic heterocycles. The summed E-state index contributed by atoms with van der Waals surface area (Å²) in [5.74, 6) is 0.263. The molecule has 2 rings (SSSR count). The van der Waals surface area contributed by atoms with Gasteiger partial charge < -0.3 is 5.73 Å². The number of ketones is 1. The Bertz CT molecular complexity index is 607. The summed E-state index contributed by atoms with van der Waals surface area (Å²) in [6, 6.07) is 5.10. The Morgan fingerprint density at radius 1 is 1.39 bits per heavy atom. The molecule has 6 heteroatoms. The van der Waals surface area contributed by atoms with Crippen molar-refractivity contribution >= 4 is 34.8 Å². The topological polar surface area (TPSA) is 60.9 Å². The number of nitrogens with two attached hydrogens (primary N) is 1. The minimum Gasteiger partial charge on any atom is -0.383 e. The van der Waals surface area contributed by atoms with Gasteiger partial charge in [0.1, 0.15) is 5.82 Å². The molecule has 0 unspecified atom stereocenters. The van der Waals surface area contributed by atoms with Gasteiger partial charge in [0.2, 0.25) is 0 Å². The van der Waals surface area contributed by atoms with Crippen LogP contribution in [-0.2, 0) is 13.5 Å². The van der Waals surface area contributed by atoms with Crippen LogP contribution < -0.4 is 5.73 Å². The molecule has 0 atom stereocenters. The van der Waals surface area contributed by atoms with Crippen molar-refractivity contribution in [2.24, 2.45) is 7.05 Å². The van der Waals surface area contributed by atoms with E-state index in [0.29, 0.717) is 21.4 Å². The van der Waals surface area contributed by atoms with Crippen LogP contribution in [0.5, 0.6) is 0 Å². The lowest BCUT2D eigenvalue weighted by Gasteiger charge is -2.03. The monoisotopic (exact) mass is 283 g/mol. The molecule has 18 heavy (non-hydrogen) atoms. The number of nitrogens with zero attached hydrogens (tertiary/aromatic N) is 2. The minimum atomic E-state index is -0.0982. The first-order valence-electron chi connectivity index (χ1n) is 5.23. The van der Waals surface area contributed by atoms with Crippen molar-refractivity contribution < 1.29 is 4.79 Å². The van der Waals surface area contributed by atoms with E-state index >= 15 is 0 Å². The second-order valence-electron chi connectivity index (χ2n) is 3.92. The molecule has 4 nitrogen and oxygen atoms in total. The number of benzene rings is 1. The SMILES string of the molecule is Cn1ncc(C(=O)Cc2ccc(Cl)c(Cl)c2)c1N. The van der Waals surface area contributed by atoms with Crippen LogP contribution in [-0.4, -0.2) is 15.6 Å². The van der Waals surface area contributed by atoms with Crippen molar-refractivity contribution in [1.29, 1.82) is 0 Å². The molecule has 0 aliphatic carbocycles. The van der Waals surface area contributed by atoms with Crippen LogP contribution in [0.4, 0.5) is 5.82 Å². The number of carbonyl (C=O) groups is 1. The van der Waals surface area contributed by atoms with E-state index in [9.17, 15) is 4.79 Å². The van der Waals surface area contributed by atoms with Crippen LogP contribution >= 0.6 is 23.2 Å². The van der Waals surface area contributed by atoms with Crippen LogP contribution in [0.1, 0.15) is 15.9 Å². The Balaban J connectivity index is 2.21. The second kappa shape index (κ2) is 5.00. The van der Waals surface area contributed by atoms with Gasteiger partial charge in [0.15, 0.2) is 5.78 Å². The molecule has 2 N–H and O–H groups in total. The molecule has 0 fully saturated rings. The van der Waals surface area contributed by atoms with Crippen LogP contribution in [0.2, 0.25) is 10.0 Å². The van der Waals surface area contributed by atoms with E-state index in [2.05, 4.69) is 5.10 Å². The highest BCUT2D eigenvalue weighted by molar-refractivity contribution is 6.42. The standard InChI is InChI=1S/C12H11Cl2N3O/c1-17-12(15)8(6-16-17)11(18)5-7-2-3-9(13)10(14)4-7/h2-4,6H,5,15H2,1H3. The molecule has 2 aromatic rings. The quantitative estimate of drug-likeness (QED) is 0.881. The molecular formula is C12H11Cl2N3O. The van der Waals surface area contributed by atoms with Crippen LogP contribution in [0.15, 0.2) is 24.4 Å². The highest BCUT2D eigenvalue weighted by atomic mass is 35.5. The van der Waals surface area contributed by atoms with Gasteiger partial charge in [-0.15, -0.1) is 0 Å². The molecule has 1 heterocycles. The predicted octanol–water partition coefficient (Wildman–Crippen LogP) is 2.73. The maximum atomic E-state index is 12.0. The third-order valence-electron chi connectivity index (χ3n) is 2.63. The number of aryl methyl sites for hydroxylation is 1. The number of anilines is 1. The van der Waals surface area contributed by atoms with Gasteiger partial charge in [-0.3, -0.25) is 9.48 Å². The number of hydrogen-bond donors (Lipinski definition) is 1. The van der Waals surface area contributed by atoms with E-state index in [4.69, 9.17) is 28.9 Å². The summed E-state index contributed by atoms with van der Waals surface area (Å²) in [7, 11) is 1.69. The van der Waals surface area contributed by atoms with E-state index < -0.39 is 0 Å². The van der Waals surface area contributed by atoms with Crippen molar-refractivity contribution in [2.75, 3.05) is 5.73 Å². The average Bonchev–Trinajstić information content (AvgIpc) is 2.65. The molecule has 0 radical (unpaired) electrons. The molecule has 1 aromatic carbocycles. The van der Waals surface area contributed by atoms with Crippen molar-refractivity contribution in [3.8, 4) is 0 Å². The Hall–Kier alpha value is -1.52. The molecule has 0 amide bonds. The zero-order valence-corrected chi connectivity index (χ0v) is 11.2. The van der Waals surface area contributed by atoms with E-state index in [1.807, 2.05) is 0 Å². The Kier molecular flexibility index (Phi) is 3.59. The lowest BCUT2D eigenvalue weighted by atomic mass is 10.1. The maximum Gasteiger partial charge on any atom is 0.172 e. The summed E-state index contributed by atoms with van der Waals surface area (Å²) in [4.78, 5) is 12.0. The highest BCUT2D eigenvalue weighted by Gasteiger charge is 2.14. The Morgan fingerprint density at radius 2 is 2.11 bits per heavy atom. The van der Waals surface area contributed by atoms with Gasteiger partial charge in [0, 0.05) is 13.5 Å². The smallest absolute Gasteiger partial charge is 0.172 e. The van der Waals surface area contributed by atoms with E-state index in [1.165, 1.54) is 10.9 Å². The number of carbonyl (C=O) groups excluding carboxylic acids is 1. The van der Waals surface area contributed by atoms with Gasteiger partial charge in [-0.2, -0.15) is 5.10 Å². The first kappa shape index (κ1) is 12.9. The predicted molar refractivity (Wildman–Crippen MR) is 72.1 cm³/mol. The fourth-order valence-corrected chi connectivity index (χ4v) is 1.91. The van der Waals surface area contributed by atoms with Crippen LogP contribution in [0.25, 0.3) is 0 Å². The molecule has 0 bridgehead atoms. The van der Waals surface area contributed by atoms with Gasteiger partial charge in [0.05, 0.1) is 21.8 Å². The second-order valence-corrected chi connectivity index (χ2v) is 4.73. The number of nitrogen functional groups attached to an aromatic ring is 1. The summed E-state index contributed by atoms with van der Waals surface area (Å²) < 4.78 is 1.46. The number of Topliss-reactive ketones (excluding diaryl/α,β-unsaturated/α-hetero) is 1.